The number of halogens is 2. The predicted octanol–water partition coefficient (Wildman–Crippen LogP) is 7.43. The van der Waals surface area contributed by atoms with Crippen LogP contribution in [-0.4, -0.2) is 27.8 Å². The van der Waals surface area contributed by atoms with Crippen LogP contribution in [0.15, 0.2) is 24.5 Å². The van der Waals surface area contributed by atoms with Crippen LogP contribution in [0.25, 0.3) is 11.4 Å². The highest BCUT2D eigenvalue weighted by molar-refractivity contribution is 5.60. The fraction of sp³-hybridized carbons (Fsp3) is 0.630. The van der Waals surface area contributed by atoms with Gasteiger partial charge in [0, 0.05) is 18.0 Å². The Balaban J connectivity index is 2.01. The minimum Gasteiger partial charge on any atom is -0.493 e. The van der Waals surface area contributed by atoms with Crippen molar-refractivity contribution >= 4 is 0 Å². The van der Waals surface area contributed by atoms with E-state index in [1.807, 2.05) is 0 Å². The van der Waals surface area contributed by atoms with Gasteiger partial charge in [-0.3, -0.25) is 0 Å². The van der Waals surface area contributed by atoms with Crippen LogP contribution in [-0.2, 0) is 6.42 Å². The van der Waals surface area contributed by atoms with E-state index in [0.717, 1.165) is 25.7 Å². The van der Waals surface area contributed by atoms with Gasteiger partial charge in [0.2, 0.25) is 0 Å². The van der Waals surface area contributed by atoms with Gasteiger partial charge < -0.3 is 9.84 Å². The maximum atomic E-state index is 15.1. The SMILES string of the molecule is CCCCCCCCCCOc1cc(-c2ncccn2)c(F)c(F)c1CCCCCC(C)O. The molecule has 0 fully saturated rings. The zero-order valence-electron chi connectivity index (χ0n) is 20.3. The van der Waals surface area contributed by atoms with Gasteiger partial charge in [0.25, 0.3) is 0 Å². The van der Waals surface area contributed by atoms with Crippen molar-refractivity contribution in [1.29, 1.82) is 0 Å². The summed E-state index contributed by atoms with van der Waals surface area (Å²) in [7, 11) is 0. The van der Waals surface area contributed by atoms with Gasteiger partial charge in [0.1, 0.15) is 5.75 Å². The summed E-state index contributed by atoms with van der Waals surface area (Å²) in [6, 6.07) is 3.18. The topological polar surface area (TPSA) is 55.2 Å². The normalized spacial score (nSPS) is 12.2. The van der Waals surface area contributed by atoms with E-state index in [4.69, 9.17) is 4.74 Å². The lowest BCUT2D eigenvalue weighted by atomic mass is 10.0. The molecule has 6 heteroatoms. The maximum absolute atomic E-state index is 15.1. The van der Waals surface area contributed by atoms with Crippen molar-refractivity contribution in [3.8, 4) is 17.1 Å². The molecule has 0 aliphatic heterocycles. The first-order valence-corrected chi connectivity index (χ1v) is 12.6. The second kappa shape index (κ2) is 15.7. The van der Waals surface area contributed by atoms with Crippen LogP contribution in [0.4, 0.5) is 8.78 Å². The highest BCUT2D eigenvalue weighted by Crippen LogP contribution is 2.33. The van der Waals surface area contributed by atoms with Gasteiger partial charge in [-0.2, -0.15) is 0 Å². The molecule has 0 radical (unpaired) electrons. The summed E-state index contributed by atoms with van der Waals surface area (Å²) in [5.74, 6) is -1.27. The second-order valence-corrected chi connectivity index (χ2v) is 8.87. The molecule has 0 bridgehead atoms. The molecule has 1 aromatic carbocycles. The fourth-order valence-electron chi connectivity index (χ4n) is 3.94. The molecule has 33 heavy (non-hydrogen) atoms. The molecule has 0 saturated carbocycles. The Morgan fingerprint density at radius 1 is 0.879 bits per heavy atom. The first-order chi connectivity index (χ1) is 16.0. The average molecular weight is 463 g/mol. The molecule has 0 amide bonds. The molecule has 2 aromatic rings. The summed E-state index contributed by atoms with van der Waals surface area (Å²) in [4.78, 5) is 8.16. The van der Waals surface area contributed by atoms with Gasteiger partial charge in [-0.1, -0.05) is 64.7 Å². The van der Waals surface area contributed by atoms with Crippen molar-refractivity contribution in [3.05, 3.63) is 41.7 Å². The van der Waals surface area contributed by atoms with Gasteiger partial charge in [0.15, 0.2) is 17.5 Å². The largest absolute Gasteiger partial charge is 0.493 e. The Morgan fingerprint density at radius 2 is 1.52 bits per heavy atom. The molecule has 1 unspecified atom stereocenters. The smallest absolute Gasteiger partial charge is 0.170 e. The highest BCUT2D eigenvalue weighted by Gasteiger charge is 2.21. The molecule has 0 aliphatic rings. The predicted molar refractivity (Wildman–Crippen MR) is 129 cm³/mol. The fourth-order valence-corrected chi connectivity index (χ4v) is 3.94. The van der Waals surface area contributed by atoms with E-state index in [2.05, 4.69) is 16.9 Å². The van der Waals surface area contributed by atoms with Crippen molar-refractivity contribution in [3.63, 3.8) is 0 Å². The van der Waals surface area contributed by atoms with Gasteiger partial charge in [-0.05, 0) is 44.7 Å². The van der Waals surface area contributed by atoms with Crippen molar-refractivity contribution in [2.45, 2.75) is 103 Å². The molecule has 184 valence electrons. The number of benzene rings is 1. The first-order valence-electron chi connectivity index (χ1n) is 12.6. The first kappa shape index (κ1) is 27.2. The number of aliphatic hydroxyl groups is 1. The number of hydrogen-bond acceptors (Lipinski definition) is 4. The molecular formula is C27H40F2N2O2. The number of nitrogens with zero attached hydrogens (tertiary/aromatic N) is 2. The second-order valence-electron chi connectivity index (χ2n) is 8.87. The molecular weight excluding hydrogens is 422 g/mol. The molecule has 1 N–H and O–H groups in total. The summed E-state index contributed by atoms with van der Waals surface area (Å²) >= 11 is 0. The van der Waals surface area contributed by atoms with Gasteiger partial charge >= 0.3 is 0 Å². The summed E-state index contributed by atoms with van der Waals surface area (Å²) in [6.45, 7) is 4.45. The third-order valence-electron chi connectivity index (χ3n) is 5.88. The van der Waals surface area contributed by atoms with Crippen LogP contribution >= 0.6 is 0 Å². The summed E-state index contributed by atoms with van der Waals surface area (Å²) in [5.41, 5.74) is 0.306. The van der Waals surface area contributed by atoms with Crippen LogP contribution in [0, 0.1) is 11.6 Å². The Kier molecular flexibility index (Phi) is 12.9. The number of rotatable bonds is 17. The van der Waals surface area contributed by atoms with E-state index in [9.17, 15) is 9.50 Å². The number of ether oxygens (including phenoxy) is 1. The Morgan fingerprint density at radius 3 is 2.18 bits per heavy atom. The van der Waals surface area contributed by atoms with E-state index in [1.54, 1.807) is 19.1 Å². The monoisotopic (exact) mass is 462 g/mol. The Bertz CT molecular complexity index is 800. The van der Waals surface area contributed by atoms with Crippen molar-refractivity contribution < 1.29 is 18.6 Å². The third kappa shape index (κ3) is 9.75. The number of aromatic nitrogens is 2. The van der Waals surface area contributed by atoms with Gasteiger partial charge in [-0.15, -0.1) is 0 Å². The molecule has 0 aliphatic carbocycles. The molecule has 0 saturated heterocycles. The van der Waals surface area contributed by atoms with E-state index < -0.39 is 11.6 Å². The molecule has 0 spiro atoms. The number of unbranched alkanes of at least 4 members (excludes halogenated alkanes) is 9. The maximum Gasteiger partial charge on any atom is 0.170 e. The quantitative estimate of drug-likeness (QED) is 0.248. The zero-order chi connectivity index (χ0) is 23.9. The van der Waals surface area contributed by atoms with Crippen LogP contribution in [0.2, 0.25) is 0 Å². The lowest BCUT2D eigenvalue weighted by Crippen LogP contribution is -2.07. The highest BCUT2D eigenvalue weighted by atomic mass is 19.2. The van der Waals surface area contributed by atoms with Gasteiger partial charge in [-0.25, -0.2) is 18.7 Å². The lowest BCUT2D eigenvalue weighted by Gasteiger charge is -2.15. The standard InChI is InChI=1S/C27H40F2N2O2/c1-3-4-5-6-7-8-9-13-19-33-24-20-23(27-30-17-14-18-31-27)26(29)25(28)22(24)16-12-10-11-15-21(2)32/h14,17-18,20-21,32H,3-13,15-16,19H2,1-2H3. The lowest BCUT2D eigenvalue weighted by molar-refractivity contribution is 0.180. The van der Waals surface area contributed by atoms with Crippen LogP contribution in [0.5, 0.6) is 5.75 Å². The molecule has 2 rings (SSSR count). The summed E-state index contributed by atoms with van der Waals surface area (Å²) in [6.07, 6.45) is 15.7. The minimum absolute atomic E-state index is 0.0249. The molecule has 4 nitrogen and oxygen atoms in total. The summed E-state index contributed by atoms with van der Waals surface area (Å²) in [5, 5.41) is 9.40. The van der Waals surface area contributed by atoms with E-state index in [-0.39, 0.29) is 23.1 Å². The Labute approximate surface area is 197 Å². The van der Waals surface area contributed by atoms with Gasteiger partial charge in [0.05, 0.1) is 18.3 Å². The van der Waals surface area contributed by atoms with E-state index in [0.29, 0.717) is 31.6 Å². The van der Waals surface area contributed by atoms with Crippen LogP contribution in [0.3, 0.4) is 0 Å². The molecule has 1 aromatic heterocycles. The number of hydrogen-bond donors (Lipinski definition) is 1. The third-order valence-corrected chi connectivity index (χ3v) is 5.88. The summed E-state index contributed by atoms with van der Waals surface area (Å²) < 4.78 is 35.9. The Hall–Kier alpha value is -2.08. The molecule has 1 atom stereocenters. The number of aliphatic hydroxyl groups excluding tert-OH is 1. The van der Waals surface area contributed by atoms with Crippen molar-refractivity contribution in [2.24, 2.45) is 0 Å². The van der Waals surface area contributed by atoms with E-state index in [1.165, 1.54) is 50.9 Å². The zero-order valence-corrected chi connectivity index (χ0v) is 20.3. The van der Waals surface area contributed by atoms with Crippen LogP contribution in [0.1, 0.15) is 96.5 Å². The van der Waals surface area contributed by atoms with Crippen molar-refractivity contribution in [1.82, 2.24) is 9.97 Å². The van der Waals surface area contributed by atoms with E-state index >= 15 is 4.39 Å². The molecule has 1 heterocycles. The van der Waals surface area contributed by atoms with Crippen LogP contribution < -0.4 is 4.74 Å². The van der Waals surface area contributed by atoms with Crippen molar-refractivity contribution in [2.75, 3.05) is 6.61 Å². The minimum atomic E-state index is -0.931. The average Bonchev–Trinajstić information content (AvgIpc) is 2.81.